The third-order valence-corrected chi connectivity index (χ3v) is 2.63. The molecule has 0 saturated heterocycles. The highest BCUT2D eigenvalue weighted by atomic mass is 79.9. The summed E-state index contributed by atoms with van der Waals surface area (Å²) < 4.78 is 5.44. The van der Waals surface area contributed by atoms with Crippen molar-refractivity contribution in [2.24, 2.45) is 0 Å². The van der Waals surface area contributed by atoms with E-state index in [9.17, 15) is 0 Å². The van der Waals surface area contributed by atoms with Crippen LogP contribution in [-0.2, 0) is 4.74 Å². The van der Waals surface area contributed by atoms with E-state index in [2.05, 4.69) is 34.7 Å². The average Bonchev–Trinajstić information content (AvgIpc) is 2.26. The maximum absolute atomic E-state index is 5.44. The molecule has 0 aliphatic heterocycles. The lowest BCUT2D eigenvalue weighted by molar-refractivity contribution is 0.137. The highest BCUT2D eigenvalue weighted by Crippen LogP contribution is 1.97. The Morgan fingerprint density at radius 3 is 2.47 bits per heavy atom. The third kappa shape index (κ3) is 14.0. The van der Waals surface area contributed by atoms with E-state index in [-0.39, 0.29) is 0 Å². The van der Waals surface area contributed by atoms with Gasteiger partial charge in [0.2, 0.25) is 0 Å². The summed E-state index contributed by atoms with van der Waals surface area (Å²) in [4.78, 5) is 0. The zero-order chi connectivity index (χ0) is 11.2. The average molecular weight is 275 g/mol. The Labute approximate surface area is 103 Å². The summed E-state index contributed by atoms with van der Waals surface area (Å²) in [5, 5.41) is 1.08. The van der Waals surface area contributed by atoms with Crippen molar-refractivity contribution in [1.82, 2.24) is 0 Å². The maximum Gasteiger partial charge on any atom is 0.0575 e. The largest absolute Gasteiger partial charge is 0.380 e. The van der Waals surface area contributed by atoms with Gasteiger partial charge in [0, 0.05) is 24.8 Å². The molecule has 0 aliphatic rings. The molecule has 0 aliphatic carbocycles. The van der Waals surface area contributed by atoms with Gasteiger partial charge < -0.3 is 4.74 Å². The molecule has 0 aromatic rings. The first-order valence-corrected chi connectivity index (χ1v) is 7.13. The monoisotopic (exact) mass is 274 g/mol. The van der Waals surface area contributed by atoms with Crippen molar-refractivity contribution in [2.75, 3.05) is 18.5 Å². The summed E-state index contributed by atoms with van der Waals surface area (Å²) in [6.07, 6.45) is 8.11. The van der Waals surface area contributed by atoms with Gasteiger partial charge in [-0.3, -0.25) is 0 Å². The molecule has 0 aromatic carbocycles. The quantitative estimate of drug-likeness (QED) is 0.349. The molecule has 0 rings (SSSR count). The van der Waals surface area contributed by atoms with Gasteiger partial charge in [-0.25, -0.2) is 0 Å². The molecule has 88 valence electrons. The minimum atomic E-state index is 0.795. The van der Waals surface area contributed by atoms with E-state index < -0.39 is 0 Å². The summed E-state index contributed by atoms with van der Waals surface area (Å²) in [6, 6.07) is 0. The predicted octanol–water partition coefficient (Wildman–Crippen LogP) is 4.15. The second-order valence-electron chi connectivity index (χ2n) is 3.57. The maximum atomic E-state index is 5.44. The first kappa shape index (κ1) is 15.0. The molecule has 0 atom stereocenters. The second-order valence-corrected chi connectivity index (χ2v) is 4.36. The van der Waals surface area contributed by atoms with E-state index in [0.29, 0.717) is 0 Å². The van der Waals surface area contributed by atoms with Gasteiger partial charge in [-0.05, 0) is 19.3 Å². The summed E-state index contributed by atoms with van der Waals surface area (Å²) in [5.41, 5.74) is 0. The number of alkyl halides is 1. The van der Waals surface area contributed by atoms with Crippen LogP contribution in [0.1, 0.15) is 51.9 Å². The van der Waals surface area contributed by atoms with E-state index in [0.717, 1.165) is 37.8 Å². The van der Waals surface area contributed by atoms with Crippen molar-refractivity contribution < 1.29 is 4.74 Å². The molecule has 0 spiro atoms. The van der Waals surface area contributed by atoms with E-state index in [1.165, 1.54) is 25.7 Å². The van der Waals surface area contributed by atoms with Crippen molar-refractivity contribution in [1.29, 1.82) is 0 Å². The van der Waals surface area contributed by atoms with Crippen LogP contribution in [0.3, 0.4) is 0 Å². The van der Waals surface area contributed by atoms with Gasteiger partial charge in [-0.1, -0.05) is 35.7 Å². The Kier molecular flexibility index (Phi) is 14.0. The Morgan fingerprint density at radius 2 is 1.73 bits per heavy atom. The van der Waals surface area contributed by atoms with Crippen LogP contribution < -0.4 is 0 Å². The van der Waals surface area contributed by atoms with Gasteiger partial charge in [0.25, 0.3) is 0 Å². The molecule has 0 unspecified atom stereocenters. The van der Waals surface area contributed by atoms with E-state index in [4.69, 9.17) is 4.74 Å². The van der Waals surface area contributed by atoms with Crippen molar-refractivity contribution in [3.05, 3.63) is 0 Å². The zero-order valence-corrected chi connectivity index (χ0v) is 11.4. The van der Waals surface area contributed by atoms with E-state index in [1.807, 2.05) is 0 Å². The fraction of sp³-hybridized carbons (Fsp3) is 0.846. The van der Waals surface area contributed by atoms with Crippen LogP contribution in [0.5, 0.6) is 0 Å². The van der Waals surface area contributed by atoms with Crippen LogP contribution >= 0.6 is 15.9 Å². The summed E-state index contributed by atoms with van der Waals surface area (Å²) in [6.45, 7) is 3.89. The first-order chi connectivity index (χ1) is 7.41. The fourth-order valence-electron chi connectivity index (χ4n) is 1.16. The van der Waals surface area contributed by atoms with Crippen molar-refractivity contribution in [3.63, 3.8) is 0 Å². The van der Waals surface area contributed by atoms with Gasteiger partial charge in [0.05, 0.1) is 6.61 Å². The molecule has 2 heteroatoms. The molecular formula is C13H23BrO. The molecule has 0 fully saturated rings. The van der Waals surface area contributed by atoms with E-state index in [1.54, 1.807) is 0 Å². The smallest absolute Gasteiger partial charge is 0.0575 e. The fourth-order valence-corrected chi connectivity index (χ4v) is 1.56. The van der Waals surface area contributed by atoms with Gasteiger partial charge in [-0.2, -0.15) is 0 Å². The van der Waals surface area contributed by atoms with Crippen LogP contribution in [0.2, 0.25) is 0 Å². The number of unbranched alkanes of at least 4 members (excludes halogenated alkanes) is 4. The molecule has 15 heavy (non-hydrogen) atoms. The molecule has 0 bridgehead atoms. The number of ether oxygens (including phenoxy) is 1. The van der Waals surface area contributed by atoms with Gasteiger partial charge in [-0.15, -0.1) is 11.8 Å². The van der Waals surface area contributed by atoms with Gasteiger partial charge >= 0.3 is 0 Å². The minimum Gasteiger partial charge on any atom is -0.380 e. The molecule has 1 nitrogen and oxygen atoms in total. The number of rotatable bonds is 9. The minimum absolute atomic E-state index is 0.795. The third-order valence-electron chi connectivity index (χ3n) is 2.07. The van der Waals surface area contributed by atoms with Crippen molar-refractivity contribution in [2.45, 2.75) is 51.9 Å². The summed E-state index contributed by atoms with van der Waals surface area (Å²) in [5.74, 6) is 6.34. The molecule has 0 radical (unpaired) electrons. The molecule has 0 heterocycles. The van der Waals surface area contributed by atoms with Crippen LogP contribution in [0, 0.1) is 11.8 Å². The normalized spacial score (nSPS) is 9.73. The van der Waals surface area contributed by atoms with Crippen molar-refractivity contribution in [3.8, 4) is 11.8 Å². The van der Waals surface area contributed by atoms with Crippen molar-refractivity contribution >= 4 is 15.9 Å². The van der Waals surface area contributed by atoms with Crippen LogP contribution in [0.15, 0.2) is 0 Å². The van der Waals surface area contributed by atoms with E-state index >= 15 is 0 Å². The molecule has 0 saturated carbocycles. The van der Waals surface area contributed by atoms with Crippen LogP contribution in [0.4, 0.5) is 0 Å². The predicted molar refractivity (Wildman–Crippen MR) is 70.4 cm³/mol. The summed E-state index contributed by atoms with van der Waals surface area (Å²) >= 11 is 3.40. The molecule has 0 aromatic heterocycles. The Morgan fingerprint density at radius 1 is 0.933 bits per heavy atom. The number of hydrogen-bond acceptors (Lipinski definition) is 1. The number of hydrogen-bond donors (Lipinski definition) is 0. The first-order valence-electron chi connectivity index (χ1n) is 6.01. The second kappa shape index (κ2) is 14.0. The lowest BCUT2D eigenvalue weighted by Crippen LogP contribution is -1.96. The summed E-state index contributed by atoms with van der Waals surface area (Å²) in [7, 11) is 0. The van der Waals surface area contributed by atoms with Gasteiger partial charge in [0.1, 0.15) is 0 Å². The molecule has 0 amide bonds. The Hall–Kier alpha value is 0. The number of halogens is 1. The van der Waals surface area contributed by atoms with Crippen LogP contribution in [-0.4, -0.2) is 18.5 Å². The lowest BCUT2D eigenvalue weighted by atomic mass is 10.2. The molecule has 0 N–H and O–H groups in total. The highest BCUT2D eigenvalue weighted by Gasteiger charge is 1.87. The van der Waals surface area contributed by atoms with Crippen LogP contribution in [0.25, 0.3) is 0 Å². The highest BCUT2D eigenvalue weighted by molar-refractivity contribution is 9.09. The zero-order valence-electron chi connectivity index (χ0n) is 9.86. The molecular weight excluding hydrogens is 252 g/mol. The SMILES string of the molecule is CCCCCC#CCCOCCCCBr. The Bertz CT molecular complexity index is 169. The topological polar surface area (TPSA) is 9.23 Å². The Balaban J connectivity index is 3.02. The standard InChI is InChI=1S/C13H23BrO/c1-2-3-4-5-6-7-9-12-15-13-10-8-11-14/h2-5,8-13H2,1H3. The van der Waals surface area contributed by atoms with Gasteiger partial charge in [0.15, 0.2) is 0 Å². The lowest BCUT2D eigenvalue weighted by Gasteiger charge is -1.99.